The van der Waals surface area contributed by atoms with Crippen molar-refractivity contribution in [3.05, 3.63) is 0 Å². The molecule has 0 spiro atoms. The van der Waals surface area contributed by atoms with Gasteiger partial charge >= 0.3 is 6.03 Å². The molecule has 19 heavy (non-hydrogen) atoms. The van der Waals surface area contributed by atoms with Crippen molar-refractivity contribution >= 4 is 6.03 Å². The smallest absolute Gasteiger partial charge is 0.315 e. The van der Waals surface area contributed by atoms with Crippen LogP contribution in [0, 0.1) is 11.8 Å². The van der Waals surface area contributed by atoms with Crippen LogP contribution in [0.25, 0.3) is 0 Å². The maximum absolute atomic E-state index is 11.9. The summed E-state index contributed by atoms with van der Waals surface area (Å²) in [4.78, 5) is 11.9. The third kappa shape index (κ3) is 5.37. The molecule has 0 radical (unpaired) electrons. The quantitative estimate of drug-likeness (QED) is 0.686. The zero-order valence-electron chi connectivity index (χ0n) is 12.3. The number of ether oxygens (including phenoxy) is 1. The highest BCUT2D eigenvalue weighted by atomic mass is 16.5. The summed E-state index contributed by atoms with van der Waals surface area (Å²) >= 11 is 0. The van der Waals surface area contributed by atoms with Crippen LogP contribution in [0.3, 0.4) is 0 Å². The van der Waals surface area contributed by atoms with Gasteiger partial charge in [-0.3, -0.25) is 0 Å². The molecule has 1 rings (SSSR count). The van der Waals surface area contributed by atoms with Crippen molar-refractivity contribution in [3.8, 4) is 0 Å². The lowest BCUT2D eigenvalue weighted by Gasteiger charge is -2.31. The lowest BCUT2D eigenvalue weighted by Crippen LogP contribution is -2.49. The third-order valence-corrected chi connectivity index (χ3v) is 3.97. The summed E-state index contributed by atoms with van der Waals surface area (Å²) in [7, 11) is 1.66. The van der Waals surface area contributed by atoms with E-state index in [4.69, 9.17) is 4.74 Å². The predicted octanol–water partition coefficient (Wildman–Crippen LogP) is 1.51. The normalized spacial score (nSPS) is 25.1. The van der Waals surface area contributed by atoms with Crippen LogP contribution < -0.4 is 10.6 Å². The number of hydrogen-bond donors (Lipinski definition) is 3. The second-order valence-electron chi connectivity index (χ2n) is 5.71. The molecule has 5 heteroatoms. The van der Waals surface area contributed by atoms with Crippen molar-refractivity contribution in [3.63, 3.8) is 0 Å². The number of nitrogens with one attached hydrogen (secondary N) is 2. The number of carbonyl (C=O) groups excluding carboxylic acids is 1. The lowest BCUT2D eigenvalue weighted by molar-refractivity contribution is 0.0662. The van der Waals surface area contributed by atoms with Gasteiger partial charge in [0, 0.05) is 32.2 Å². The summed E-state index contributed by atoms with van der Waals surface area (Å²) in [6.45, 7) is 4.79. The number of methoxy groups -OCH3 is 1. The van der Waals surface area contributed by atoms with Crippen molar-refractivity contribution in [1.29, 1.82) is 0 Å². The molecule has 0 saturated heterocycles. The van der Waals surface area contributed by atoms with Gasteiger partial charge in [-0.1, -0.05) is 26.7 Å². The zero-order valence-corrected chi connectivity index (χ0v) is 12.3. The Morgan fingerprint density at radius 1 is 1.37 bits per heavy atom. The van der Waals surface area contributed by atoms with Crippen LogP contribution in [0.2, 0.25) is 0 Å². The van der Waals surface area contributed by atoms with Crippen molar-refractivity contribution in [2.24, 2.45) is 11.8 Å². The van der Waals surface area contributed by atoms with Gasteiger partial charge in [-0.15, -0.1) is 0 Å². The summed E-state index contributed by atoms with van der Waals surface area (Å²) in [6, 6.07) is -0.0631. The van der Waals surface area contributed by atoms with E-state index in [1.807, 2.05) is 0 Å². The second kappa shape index (κ2) is 8.38. The van der Waals surface area contributed by atoms with Crippen molar-refractivity contribution in [2.75, 3.05) is 20.3 Å². The minimum Gasteiger partial charge on any atom is -0.396 e. The summed E-state index contributed by atoms with van der Waals surface area (Å²) in [5, 5.41) is 15.1. The van der Waals surface area contributed by atoms with E-state index in [0.717, 1.165) is 25.7 Å². The second-order valence-corrected chi connectivity index (χ2v) is 5.71. The summed E-state index contributed by atoms with van der Waals surface area (Å²) in [5.74, 6) is 0.563. The Hall–Kier alpha value is -0.810. The first kappa shape index (κ1) is 16.2. The first-order valence-electron chi connectivity index (χ1n) is 7.26. The van der Waals surface area contributed by atoms with E-state index in [1.54, 1.807) is 7.11 Å². The van der Waals surface area contributed by atoms with Gasteiger partial charge < -0.3 is 20.5 Å². The first-order valence-corrected chi connectivity index (χ1v) is 7.26. The maximum atomic E-state index is 11.9. The van der Waals surface area contributed by atoms with E-state index in [0.29, 0.717) is 12.5 Å². The molecule has 5 nitrogen and oxygen atoms in total. The Bertz CT molecular complexity index is 271. The summed E-state index contributed by atoms with van der Waals surface area (Å²) in [5.41, 5.74) is 0. The average molecular weight is 272 g/mol. The molecule has 112 valence electrons. The van der Waals surface area contributed by atoms with Crippen molar-refractivity contribution < 1.29 is 14.6 Å². The third-order valence-electron chi connectivity index (χ3n) is 3.97. The van der Waals surface area contributed by atoms with Crippen LogP contribution in [-0.4, -0.2) is 43.5 Å². The molecular formula is C14H28N2O3. The fourth-order valence-electron chi connectivity index (χ4n) is 2.62. The molecule has 1 aliphatic carbocycles. The van der Waals surface area contributed by atoms with Gasteiger partial charge in [0.05, 0.1) is 6.10 Å². The Kier molecular flexibility index (Phi) is 7.16. The summed E-state index contributed by atoms with van der Waals surface area (Å²) < 4.78 is 5.31. The van der Waals surface area contributed by atoms with Gasteiger partial charge in [0.1, 0.15) is 0 Å². The lowest BCUT2D eigenvalue weighted by atomic mass is 9.85. The van der Waals surface area contributed by atoms with Crippen LogP contribution >= 0.6 is 0 Å². The Balaban J connectivity index is 2.33. The topological polar surface area (TPSA) is 70.6 Å². The largest absolute Gasteiger partial charge is 0.396 e. The molecule has 1 saturated carbocycles. The highest BCUT2D eigenvalue weighted by Crippen LogP contribution is 2.23. The van der Waals surface area contributed by atoms with Gasteiger partial charge in [0.15, 0.2) is 0 Å². The molecule has 0 aromatic heterocycles. The number of aliphatic hydroxyl groups is 1. The molecule has 0 aromatic rings. The number of aliphatic hydroxyl groups excluding tert-OH is 1. The van der Waals surface area contributed by atoms with E-state index < -0.39 is 0 Å². The number of amides is 2. The molecule has 0 heterocycles. The Morgan fingerprint density at radius 2 is 2.05 bits per heavy atom. The molecule has 1 fully saturated rings. The van der Waals surface area contributed by atoms with E-state index in [1.165, 1.54) is 0 Å². The highest BCUT2D eigenvalue weighted by molar-refractivity contribution is 5.74. The van der Waals surface area contributed by atoms with Gasteiger partial charge in [-0.2, -0.15) is 0 Å². The molecule has 0 aromatic carbocycles. The van der Waals surface area contributed by atoms with Gasteiger partial charge in [-0.05, 0) is 18.8 Å². The monoisotopic (exact) mass is 272 g/mol. The molecule has 1 aliphatic rings. The Morgan fingerprint density at radius 3 is 2.63 bits per heavy atom. The molecule has 3 atom stereocenters. The van der Waals surface area contributed by atoms with E-state index in [-0.39, 0.29) is 30.7 Å². The highest BCUT2D eigenvalue weighted by Gasteiger charge is 2.26. The van der Waals surface area contributed by atoms with Crippen LogP contribution in [0.15, 0.2) is 0 Å². The molecule has 3 N–H and O–H groups in total. The number of hydrogen-bond acceptors (Lipinski definition) is 3. The molecule has 0 bridgehead atoms. The fraction of sp³-hybridized carbons (Fsp3) is 0.929. The molecule has 0 unspecified atom stereocenters. The fourth-order valence-corrected chi connectivity index (χ4v) is 2.62. The molecule has 2 amide bonds. The number of urea groups is 1. The van der Waals surface area contributed by atoms with E-state index in [9.17, 15) is 9.90 Å². The van der Waals surface area contributed by atoms with Gasteiger partial charge in [0.25, 0.3) is 0 Å². The van der Waals surface area contributed by atoms with Crippen LogP contribution in [-0.2, 0) is 4.74 Å². The summed E-state index contributed by atoms with van der Waals surface area (Å²) in [6.07, 6.45) is 4.24. The van der Waals surface area contributed by atoms with Crippen LogP contribution in [0.5, 0.6) is 0 Å². The average Bonchev–Trinajstić information content (AvgIpc) is 2.39. The van der Waals surface area contributed by atoms with E-state index >= 15 is 0 Å². The number of rotatable bonds is 6. The first-order chi connectivity index (χ1) is 9.08. The molecular weight excluding hydrogens is 244 g/mol. The minimum absolute atomic E-state index is 0.0331. The maximum Gasteiger partial charge on any atom is 0.315 e. The Labute approximate surface area is 116 Å². The van der Waals surface area contributed by atoms with Gasteiger partial charge in [0.2, 0.25) is 0 Å². The zero-order chi connectivity index (χ0) is 14.3. The van der Waals surface area contributed by atoms with Crippen molar-refractivity contribution in [1.82, 2.24) is 10.6 Å². The standard InChI is InChI=1S/C14H28N2O3/c1-10(2)13(19-3)8-15-14(18)16-12-7-5-4-6-11(12)9-17/h10-13,17H,4-9H2,1-3H3,(H2,15,16,18)/t11-,12-,13+/m0/s1. The van der Waals surface area contributed by atoms with Gasteiger partial charge in [-0.25, -0.2) is 4.79 Å². The SMILES string of the molecule is CO[C@H](CNC(=O)N[C@H]1CCCC[C@H]1CO)C(C)C. The predicted molar refractivity (Wildman–Crippen MR) is 75.0 cm³/mol. The van der Waals surface area contributed by atoms with Crippen LogP contribution in [0.4, 0.5) is 4.79 Å². The minimum atomic E-state index is -0.159. The van der Waals surface area contributed by atoms with Crippen molar-refractivity contribution in [2.45, 2.75) is 51.7 Å². The van der Waals surface area contributed by atoms with Crippen LogP contribution in [0.1, 0.15) is 39.5 Å². The van der Waals surface area contributed by atoms with E-state index in [2.05, 4.69) is 24.5 Å². The number of carbonyl (C=O) groups is 1. The molecule has 0 aliphatic heterocycles.